The van der Waals surface area contributed by atoms with E-state index in [1.165, 1.54) is 0 Å². The van der Waals surface area contributed by atoms with Crippen molar-refractivity contribution in [3.8, 4) is 35.5 Å². The van der Waals surface area contributed by atoms with Crippen LogP contribution in [0.15, 0.2) is 223 Å². The number of nitroso groups, excluding NO2 is 1. The number of anilines is 4. The molecule has 5 aliphatic rings. The summed E-state index contributed by atoms with van der Waals surface area (Å²) in [6.45, 7) is 39.5. The molecule has 0 N–H and O–H groups in total. The minimum Gasteiger partial charge on any atom is -0.754 e. The van der Waals surface area contributed by atoms with E-state index < -0.39 is 0 Å². The lowest BCUT2D eigenvalue weighted by Gasteiger charge is -2.40. The van der Waals surface area contributed by atoms with Gasteiger partial charge >= 0.3 is 0 Å². The number of allylic oxidation sites excluding steroid dienone is 10. The lowest BCUT2D eigenvalue weighted by atomic mass is 9.80. The molecule has 3 aliphatic heterocycles. The first-order valence-electron chi connectivity index (χ1n) is 35.3. The highest BCUT2D eigenvalue weighted by Crippen LogP contribution is 2.51. The summed E-state index contributed by atoms with van der Waals surface area (Å²) in [6.07, 6.45) is 18.4. The van der Waals surface area contributed by atoms with Crippen LogP contribution in [-0.2, 0) is 32.5 Å². The molecule has 0 amide bonds. The predicted molar refractivity (Wildman–Crippen MR) is 428 cm³/mol. The average Bonchev–Trinajstić information content (AvgIpc) is 0.753. The Morgan fingerprint density at radius 2 is 0.637 bits per heavy atom. The van der Waals surface area contributed by atoms with Gasteiger partial charge in [0.05, 0.1) is 50.0 Å². The van der Waals surface area contributed by atoms with Crippen molar-refractivity contribution in [2.45, 2.75) is 157 Å². The van der Waals surface area contributed by atoms with Crippen molar-refractivity contribution in [1.82, 2.24) is 4.76 Å². The lowest BCUT2D eigenvalue weighted by Crippen LogP contribution is -2.20. The van der Waals surface area contributed by atoms with Gasteiger partial charge < -0.3 is 20.5 Å². The molecule has 13 rings (SSSR count). The van der Waals surface area contributed by atoms with Crippen LogP contribution in [0, 0.1) is 62.7 Å². The van der Waals surface area contributed by atoms with Gasteiger partial charge in [-0.15, -0.1) is 0 Å². The fourth-order valence-corrected chi connectivity index (χ4v) is 13.2. The van der Waals surface area contributed by atoms with Gasteiger partial charge in [0.1, 0.15) is 11.8 Å². The molecule has 0 aromatic heterocycles. The maximum atomic E-state index is 14.1. The first-order chi connectivity index (χ1) is 48.0. The summed E-state index contributed by atoms with van der Waals surface area (Å²) < 4.78 is 1.06. The number of benzene rings is 8. The van der Waals surface area contributed by atoms with E-state index in [2.05, 4.69) is 263 Å². The molecule has 0 fully saturated rings. The van der Waals surface area contributed by atoms with Crippen molar-refractivity contribution < 1.29 is 0 Å². The first kappa shape index (κ1) is 69.5. The largest absolute Gasteiger partial charge is 0.754 e. The van der Waals surface area contributed by atoms with Gasteiger partial charge in [0.2, 0.25) is 0 Å². The quantitative estimate of drug-likeness (QED) is 0.0709. The normalized spacial score (nSPS) is 14.6. The van der Waals surface area contributed by atoms with Crippen molar-refractivity contribution in [3.63, 3.8) is 0 Å². The zero-order chi connectivity index (χ0) is 72.8. The van der Waals surface area contributed by atoms with Crippen LogP contribution < -0.4 is 14.9 Å². The van der Waals surface area contributed by atoms with Crippen LogP contribution in [0.3, 0.4) is 0 Å². The molecule has 0 radical (unpaired) electrons. The van der Waals surface area contributed by atoms with Crippen molar-refractivity contribution in [2.24, 2.45) is 0 Å². The summed E-state index contributed by atoms with van der Waals surface area (Å²) in [5.41, 5.74) is 31.2. The second kappa shape index (κ2) is 25.9. The predicted octanol–water partition coefficient (Wildman–Crippen LogP) is 23.7. The van der Waals surface area contributed by atoms with E-state index in [1.807, 2.05) is 115 Å². The van der Waals surface area contributed by atoms with Crippen LogP contribution in [0.25, 0.3) is 22.8 Å². The van der Waals surface area contributed by atoms with Crippen LogP contribution >= 0.6 is 0 Å². The number of fused-ring (bicyclic) bond motifs is 6. The summed E-state index contributed by atoms with van der Waals surface area (Å²) >= 11 is 0. The van der Waals surface area contributed by atoms with E-state index in [0.717, 1.165) is 149 Å². The van der Waals surface area contributed by atoms with Gasteiger partial charge in [0.25, 0.3) is 11.4 Å². The second-order valence-electron chi connectivity index (χ2n) is 33.7. The van der Waals surface area contributed by atoms with Gasteiger partial charge in [-0.3, -0.25) is 0 Å². The van der Waals surface area contributed by atoms with Crippen molar-refractivity contribution in [1.29, 1.82) is 0 Å². The Hall–Kier alpha value is -11.0. The minimum absolute atomic E-state index is 0.121. The summed E-state index contributed by atoms with van der Waals surface area (Å²) in [5.74, 6) is 22.4. The van der Waals surface area contributed by atoms with Crippen molar-refractivity contribution in [2.75, 3.05) is 10.1 Å². The Morgan fingerprint density at radius 1 is 0.343 bits per heavy atom. The standard InChI is InChI=1S/C96H88N3O3/c1-91(2,3)70-37-43-85-79(55-70)76(80-56-71(92(4,5)6)38-44-86(80)97(85)100)52-64-28-19-61(20-29-64)25-34-67-49-68(35-26-62-21-30-65(31-22-62)53-77-81-57-72(93(7,8)9)39-45-87(81)98(101)88-46-40-73(58-82(77)88)94(10,11)12)51-69(50-67)36-27-63-23-32-66(33-24-63)54-78-83-59-74(95(13,14)15)41-47-89(83)99(102)90-48-42-75(60-84(78)90)96(16,17)18/h19-24,28-33,37-52,55-60H,1-18H3/q+1. The molecule has 0 atom stereocenters. The highest BCUT2D eigenvalue weighted by Gasteiger charge is 2.38. The molecule has 0 unspecified atom stereocenters. The Balaban J connectivity index is 0.855. The maximum Gasteiger partial charge on any atom is 0.272 e. The fraction of sp³-hybridized carbons (Fsp3) is 0.250. The molecule has 0 saturated carbocycles. The molecule has 3 heterocycles. The van der Waals surface area contributed by atoms with E-state index in [1.54, 1.807) is 0 Å². The highest BCUT2D eigenvalue weighted by atomic mass is 16.5. The lowest BCUT2D eigenvalue weighted by molar-refractivity contribution is 0.589. The molecule has 504 valence electrons. The van der Waals surface area contributed by atoms with Crippen molar-refractivity contribution >= 4 is 56.9 Å². The molecule has 0 saturated heterocycles. The van der Waals surface area contributed by atoms with E-state index in [0.29, 0.717) is 34.1 Å². The van der Waals surface area contributed by atoms with Crippen LogP contribution in [0.4, 0.5) is 34.1 Å². The highest BCUT2D eigenvalue weighted by molar-refractivity contribution is 6.05. The first-order valence-corrected chi connectivity index (χ1v) is 35.3. The summed E-state index contributed by atoms with van der Waals surface area (Å²) in [5, 5.41) is 30.4. The average molecular weight is 1330 g/mol. The summed E-state index contributed by atoms with van der Waals surface area (Å²) in [7, 11) is 0. The van der Waals surface area contributed by atoms with Crippen LogP contribution in [-0.4, -0.2) is 0 Å². The third-order valence-electron chi connectivity index (χ3n) is 19.7. The monoisotopic (exact) mass is 1330 g/mol. The van der Waals surface area contributed by atoms with Gasteiger partial charge in [-0.05, 0) is 174 Å². The van der Waals surface area contributed by atoms with Crippen LogP contribution in [0.1, 0.15) is 219 Å². The molecular formula is C96H88N3O3+. The maximum absolute atomic E-state index is 14.1. The fourth-order valence-electron chi connectivity index (χ4n) is 13.2. The zero-order valence-corrected chi connectivity index (χ0v) is 62.2. The zero-order valence-electron chi connectivity index (χ0n) is 62.2. The molecule has 0 bridgehead atoms. The van der Waals surface area contributed by atoms with Gasteiger partial charge in [-0.2, -0.15) is 0 Å². The Kier molecular flexibility index (Phi) is 17.6. The van der Waals surface area contributed by atoms with E-state index in [9.17, 15) is 15.3 Å². The third kappa shape index (κ3) is 14.3. The molecule has 2 aliphatic carbocycles. The van der Waals surface area contributed by atoms with Crippen LogP contribution in [0.5, 0.6) is 0 Å². The topological polar surface area (TPSA) is 72.7 Å². The van der Waals surface area contributed by atoms with Gasteiger partial charge in [-0.25, -0.2) is 0 Å². The van der Waals surface area contributed by atoms with E-state index in [4.69, 9.17) is 0 Å². The Morgan fingerprint density at radius 3 is 0.990 bits per heavy atom. The molecule has 8 aromatic carbocycles. The van der Waals surface area contributed by atoms with Gasteiger partial charge in [0.15, 0.2) is 0 Å². The second-order valence-corrected chi connectivity index (χ2v) is 33.7. The SMILES string of the molecule is CC(C)(C)c1ccc2c(c1)C(=C=C1C=C[C+](C#Cc3cc(C#Cc4ccc(C=C5c6cc(C(C)(C)C)ccc6N([O-])c6ccc(C(C)(C)C)cc65)cc4)cc(C#C[C+]4C=CC(=C=C5c6cc(C(C)(C)C)ccc6[N+](=O)c6ccc(C(C)(C)C)cc65)C=C4)c3)C=C1)c1cc(C(C)(C)C)ccc1N2[O-]. The number of nitrogens with zero attached hydrogens (tertiary/aromatic N) is 3. The van der Waals surface area contributed by atoms with E-state index in [-0.39, 0.29) is 32.5 Å². The van der Waals surface area contributed by atoms with E-state index >= 15 is 0 Å². The van der Waals surface area contributed by atoms with Crippen molar-refractivity contribution in [3.05, 3.63) is 345 Å². The van der Waals surface area contributed by atoms with Gasteiger partial charge in [0, 0.05) is 145 Å². The summed E-state index contributed by atoms with van der Waals surface area (Å²) in [6, 6.07) is 51.4. The molecule has 8 aromatic rings. The molecule has 6 heteroatoms. The Bertz CT molecular complexity index is 5130. The Labute approximate surface area is 605 Å². The number of rotatable bonds is 1. The third-order valence-corrected chi connectivity index (χ3v) is 19.7. The molecule has 102 heavy (non-hydrogen) atoms. The number of hydrogen-bond acceptors (Lipinski definition) is 5. The number of hydrogen-bond donors (Lipinski definition) is 0. The molecular weight excluding hydrogens is 1240 g/mol. The van der Waals surface area contributed by atoms with Crippen LogP contribution in [0.2, 0.25) is 0 Å². The summed E-state index contributed by atoms with van der Waals surface area (Å²) in [4.78, 5) is 14.1. The smallest absolute Gasteiger partial charge is 0.272 e. The minimum atomic E-state index is -0.133. The van der Waals surface area contributed by atoms with Gasteiger partial charge in [-0.1, -0.05) is 196 Å². The molecule has 6 nitrogen and oxygen atoms in total. The molecule has 0 spiro atoms.